The van der Waals surface area contributed by atoms with Crippen LogP contribution in [0.2, 0.25) is 0 Å². The van der Waals surface area contributed by atoms with Crippen molar-refractivity contribution in [2.75, 3.05) is 7.05 Å². The van der Waals surface area contributed by atoms with Gasteiger partial charge in [-0.05, 0) is 36.6 Å². The Kier molecular flexibility index (Phi) is 3.68. The Balaban J connectivity index is 1.99. The normalized spacial score (nSPS) is 21.3. The number of benzene rings is 2. The summed E-state index contributed by atoms with van der Waals surface area (Å²) in [5.41, 5.74) is 3.95. The molecule has 1 heterocycles. The van der Waals surface area contributed by atoms with E-state index in [2.05, 4.69) is 42.6 Å². The zero-order valence-electron chi connectivity index (χ0n) is 13.7. The lowest BCUT2D eigenvalue weighted by atomic mass is 9.85. The lowest BCUT2D eigenvalue weighted by molar-refractivity contribution is -0.129. The molecule has 0 bridgehead atoms. The summed E-state index contributed by atoms with van der Waals surface area (Å²) in [6.07, 6.45) is 0.336. The van der Waals surface area contributed by atoms with Gasteiger partial charge in [0, 0.05) is 7.05 Å². The van der Waals surface area contributed by atoms with Crippen LogP contribution in [0.25, 0.3) is 11.1 Å². The minimum Gasteiger partial charge on any atom is -0.346 e. The predicted octanol–water partition coefficient (Wildman–Crippen LogP) is 3.26. The van der Waals surface area contributed by atoms with Crippen LogP contribution in [0.15, 0.2) is 48.5 Å². The van der Waals surface area contributed by atoms with Gasteiger partial charge in [0.15, 0.2) is 5.96 Å². The highest BCUT2D eigenvalue weighted by Gasteiger charge is 2.37. The summed E-state index contributed by atoms with van der Waals surface area (Å²) in [5, 5.41) is 11.1. The summed E-state index contributed by atoms with van der Waals surface area (Å²) in [6.45, 7) is 4.05. The maximum atomic E-state index is 12.1. The highest BCUT2D eigenvalue weighted by molar-refractivity contribution is 5.98. The molecule has 4 nitrogen and oxygen atoms in total. The summed E-state index contributed by atoms with van der Waals surface area (Å²) < 4.78 is 0. The van der Waals surface area contributed by atoms with Gasteiger partial charge in [0.1, 0.15) is 0 Å². The van der Waals surface area contributed by atoms with Gasteiger partial charge in [-0.25, -0.2) is 0 Å². The van der Waals surface area contributed by atoms with Gasteiger partial charge < -0.3 is 5.32 Å². The fourth-order valence-electron chi connectivity index (χ4n) is 2.98. The van der Waals surface area contributed by atoms with Gasteiger partial charge in [-0.1, -0.05) is 48.0 Å². The molecule has 1 aliphatic rings. The maximum absolute atomic E-state index is 12.1. The van der Waals surface area contributed by atoms with E-state index in [-0.39, 0.29) is 11.9 Å². The van der Waals surface area contributed by atoms with Crippen LogP contribution in [0.3, 0.4) is 0 Å². The Hall–Kier alpha value is -2.62. The second-order valence-corrected chi connectivity index (χ2v) is 6.39. The Labute approximate surface area is 136 Å². The molecule has 0 aromatic heterocycles. The van der Waals surface area contributed by atoms with Gasteiger partial charge in [-0.3, -0.25) is 15.1 Å². The Morgan fingerprint density at radius 2 is 1.78 bits per heavy atom. The number of aryl methyl sites for hydroxylation is 1. The molecule has 2 N–H and O–H groups in total. The molecule has 1 amide bonds. The minimum absolute atomic E-state index is 0.0443. The number of nitrogens with zero attached hydrogens (tertiary/aromatic N) is 1. The molecule has 0 aliphatic carbocycles. The topological polar surface area (TPSA) is 56.2 Å². The number of guanidine groups is 1. The first-order valence-corrected chi connectivity index (χ1v) is 7.70. The van der Waals surface area contributed by atoms with E-state index in [1.165, 1.54) is 10.5 Å². The van der Waals surface area contributed by atoms with Crippen LogP contribution < -0.4 is 5.32 Å². The number of carbonyl (C=O) groups excluding carboxylic acids is 1. The van der Waals surface area contributed by atoms with Crippen LogP contribution in [0, 0.1) is 12.3 Å². The predicted molar refractivity (Wildman–Crippen MR) is 92.2 cm³/mol. The molecule has 1 atom stereocenters. The van der Waals surface area contributed by atoms with Crippen LogP contribution in [-0.2, 0) is 10.3 Å². The van der Waals surface area contributed by atoms with E-state index in [0.29, 0.717) is 6.42 Å². The SMILES string of the molecule is Cc1cccc(-c2cccc([C@]3(C)CC(=O)N(C)C(=N)N3)c2)c1. The third-order valence-corrected chi connectivity index (χ3v) is 4.46. The van der Waals surface area contributed by atoms with Crippen LogP contribution in [0.1, 0.15) is 24.5 Å². The van der Waals surface area contributed by atoms with Gasteiger partial charge in [-0.2, -0.15) is 0 Å². The van der Waals surface area contributed by atoms with E-state index in [1.54, 1.807) is 7.05 Å². The smallest absolute Gasteiger partial charge is 0.231 e. The average molecular weight is 307 g/mol. The largest absolute Gasteiger partial charge is 0.346 e. The van der Waals surface area contributed by atoms with E-state index >= 15 is 0 Å². The molecule has 2 aromatic carbocycles. The quantitative estimate of drug-likeness (QED) is 0.894. The lowest BCUT2D eigenvalue weighted by Crippen LogP contribution is -2.58. The Morgan fingerprint density at radius 3 is 2.43 bits per heavy atom. The molecule has 4 heteroatoms. The molecule has 3 rings (SSSR count). The first-order chi connectivity index (χ1) is 10.9. The number of hydrogen-bond acceptors (Lipinski definition) is 2. The number of nitrogens with one attached hydrogen (secondary N) is 2. The molecule has 1 saturated heterocycles. The third-order valence-electron chi connectivity index (χ3n) is 4.46. The first kappa shape index (κ1) is 15.3. The van der Waals surface area contributed by atoms with Crippen molar-refractivity contribution in [1.29, 1.82) is 5.41 Å². The molecule has 1 aliphatic heterocycles. The second kappa shape index (κ2) is 5.54. The van der Waals surface area contributed by atoms with E-state index in [4.69, 9.17) is 5.41 Å². The molecular weight excluding hydrogens is 286 g/mol. The van der Waals surface area contributed by atoms with Crippen LogP contribution >= 0.6 is 0 Å². The van der Waals surface area contributed by atoms with Gasteiger partial charge in [0.25, 0.3) is 0 Å². The summed E-state index contributed by atoms with van der Waals surface area (Å²) in [6, 6.07) is 16.6. The molecule has 0 unspecified atom stereocenters. The van der Waals surface area contributed by atoms with Crippen LogP contribution in [0.5, 0.6) is 0 Å². The standard InChI is InChI=1S/C19H21N3O/c1-13-6-4-7-14(10-13)15-8-5-9-16(11-15)19(2)12-17(23)22(3)18(20)21-19/h4-11H,12H2,1-3H3,(H2,20,21)/t19-/m0/s1. The molecule has 118 valence electrons. The Morgan fingerprint density at radius 1 is 1.13 bits per heavy atom. The van der Waals surface area contributed by atoms with Crippen molar-refractivity contribution in [2.45, 2.75) is 25.8 Å². The number of hydrogen-bond donors (Lipinski definition) is 2. The summed E-state index contributed by atoms with van der Waals surface area (Å²) in [4.78, 5) is 13.5. The summed E-state index contributed by atoms with van der Waals surface area (Å²) >= 11 is 0. The maximum Gasteiger partial charge on any atom is 0.231 e. The average Bonchev–Trinajstić information content (AvgIpc) is 2.53. The van der Waals surface area contributed by atoms with Gasteiger partial charge >= 0.3 is 0 Å². The summed E-state index contributed by atoms with van der Waals surface area (Å²) in [5.74, 6) is 0.0990. The van der Waals surface area contributed by atoms with Crippen molar-refractivity contribution in [1.82, 2.24) is 10.2 Å². The lowest BCUT2D eigenvalue weighted by Gasteiger charge is -2.39. The van der Waals surface area contributed by atoms with Crippen molar-refractivity contribution in [3.63, 3.8) is 0 Å². The number of carbonyl (C=O) groups is 1. The molecular formula is C19H21N3O. The van der Waals surface area contributed by atoms with Gasteiger partial charge in [0.05, 0.1) is 12.0 Å². The molecule has 2 aromatic rings. The molecule has 23 heavy (non-hydrogen) atoms. The van der Waals surface area contributed by atoms with Crippen molar-refractivity contribution < 1.29 is 4.79 Å². The van der Waals surface area contributed by atoms with Crippen molar-refractivity contribution >= 4 is 11.9 Å². The highest BCUT2D eigenvalue weighted by atomic mass is 16.2. The molecule has 0 saturated carbocycles. The number of amides is 1. The second-order valence-electron chi connectivity index (χ2n) is 6.39. The third kappa shape index (κ3) is 2.84. The van der Waals surface area contributed by atoms with E-state index < -0.39 is 5.54 Å². The fourth-order valence-corrected chi connectivity index (χ4v) is 2.98. The molecule has 0 spiro atoms. The zero-order valence-corrected chi connectivity index (χ0v) is 13.7. The van der Waals surface area contributed by atoms with E-state index in [0.717, 1.165) is 16.7 Å². The fraction of sp³-hybridized carbons (Fsp3) is 0.263. The van der Waals surface area contributed by atoms with Gasteiger partial charge in [-0.15, -0.1) is 0 Å². The van der Waals surface area contributed by atoms with Crippen LogP contribution in [-0.4, -0.2) is 23.8 Å². The van der Waals surface area contributed by atoms with Crippen molar-refractivity contribution in [3.8, 4) is 11.1 Å². The van der Waals surface area contributed by atoms with Crippen LogP contribution in [0.4, 0.5) is 0 Å². The molecule has 1 fully saturated rings. The van der Waals surface area contributed by atoms with Crippen molar-refractivity contribution in [3.05, 3.63) is 59.7 Å². The number of rotatable bonds is 2. The highest BCUT2D eigenvalue weighted by Crippen LogP contribution is 2.31. The Bertz CT molecular complexity index is 764. The molecule has 0 radical (unpaired) electrons. The summed E-state index contributed by atoms with van der Waals surface area (Å²) in [7, 11) is 1.63. The monoisotopic (exact) mass is 307 g/mol. The van der Waals surface area contributed by atoms with E-state index in [1.807, 2.05) is 25.1 Å². The zero-order chi connectivity index (χ0) is 16.6. The van der Waals surface area contributed by atoms with Crippen molar-refractivity contribution in [2.24, 2.45) is 0 Å². The van der Waals surface area contributed by atoms with E-state index in [9.17, 15) is 4.79 Å². The van der Waals surface area contributed by atoms with Gasteiger partial charge in [0.2, 0.25) is 5.91 Å². The first-order valence-electron chi connectivity index (χ1n) is 7.70. The minimum atomic E-state index is -0.555.